The van der Waals surface area contributed by atoms with Crippen molar-refractivity contribution in [3.8, 4) is 11.5 Å². The third-order valence-corrected chi connectivity index (χ3v) is 3.00. The van der Waals surface area contributed by atoms with Gasteiger partial charge in [-0.05, 0) is 36.6 Å². The molecule has 0 unspecified atom stereocenters. The predicted octanol–water partition coefficient (Wildman–Crippen LogP) is 3.71. The highest BCUT2D eigenvalue weighted by Crippen LogP contribution is 2.25. The van der Waals surface area contributed by atoms with Crippen LogP contribution < -0.4 is 4.74 Å². The number of aromatic nitrogens is 1. The maximum Gasteiger partial charge on any atom is 0.136 e. The maximum absolute atomic E-state index is 9.22. The smallest absolute Gasteiger partial charge is 0.136 e. The average molecular weight is 257 g/mol. The van der Waals surface area contributed by atoms with Crippen molar-refractivity contribution in [2.45, 2.75) is 32.8 Å². The van der Waals surface area contributed by atoms with Crippen LogP contribution in [0, 0.1) is 0 Å². The summed E-state index contributed by atoms with van der Waals surface area (Å²) in [5.41, 5.74) is 2.02. The van der Waals surface area contributed by atoms with Crippen molar-refractivity contribution < 1.29 is 9.84 Å². The molecule has 0 spiro atoms. The van der Waals surface area contributed by atoms with E-state index < -0.39 is 0 Å². The third-order valence-electron chi connectivity index (χ3n) is 3.00. The summed E-state index contributed by atoms with van der Waals surface area (Å²) in [4.78, 5) is 3.97. The molecule has 1 heterocycles. The van der Waals surface area contributed by atoms with Crippen LogP contribution in [-0.4, -0.2) is 10.1 Å². The average Bonchev–Trinajstić information content (AvgIpc) is 2.47. The van der Waals surface area contributed by atoms with Gasteiger partial charge in [-0.3, -0.25) is 4.98 Å². The van der Waals surface area contributed by atoms with Gasteiger partial charge in [0.05, 0.1) is 6.61 Å². The molecule has 2 rings (SSSR count). The minimum atomic E-state index is -0.0717. The van der Waals surface area contributed by atoms with Crippen molar-refractivity contribution in [2.75, 3.05) is 0 Å². The van der Waals surface area contributed by atoms with Crippen LogP contribution >= 0.6 is 0 Å². The summed E-state index contributed by atoms with van der Waals surface area (Å²) >= 11 is 0. The molecule has 1 N–H and O–H groups in total. The number of ether oxygens (including phenoxy) is 1. The lowest BCUT2D eigenvalue weighted by molar-refractivity contribution is 0.276. The van der Waals surface area contributed by atoms with Crippen LogP contribution in [0.1, 0.15) is 30.9 Å². The van der Waals surface area contributed by atoms with Crippen LogP contribution in [-0.2, 0) is 13.0 Å². The van der Waals surface area contributed by atoms with E-state index in [1.165, 1.54) is 18.4 Å². The van der Waals surface area contributed by atoms with Gasteiger partial charge >= 0.3 is 0 Å². The molecule has 3 nitrogen and oxygen atoms in total. The first kappa shape index (κ1) is 13.6. The predicted molar refractivity (Wildman–Crippen MR) is 75.3 cm³/mol. The van der Waals surface area contributed by atoms with Crippen molar-refractivity contribution in [3.05, 3.63) is 53.9 Å². The molecule has 0 radical (unpaired) electrons. The number of hydrogen-bond donors (Lipinski definition) is 1. The molecule has 0 atom stereocenters. The summed E-state index contributed by atoms with van der Waals surface area (Å²) in [5.74, 6) is 1.43. The van der Waals surface area contributed by atoms with Crippen LogP contribution in [0.5, 0.6) is 11.5 Å². The van der Waals surface area contributed by atoms with E-state index >= 15 is 0 Å². The van der Waals surface area contributed by atoms with Gasteiger partial charge < -0.3 is 9.84 Å². The van der Waals surface area contributed by atoms with E-state index in [9.17, 15) is 5.11 Å². The number of aliphatic hydroxyl groups excluding tert-OH is 1. The number of aryl methyl sites for hydroxylation is 1. The highest BCUT2D eigenvalue weighted by molar-refractivity contribution is 5.36. The van der Waals surface area contributed by atoms with Crippen LogP contribution in [0.3, 0.4) is 0 Å². The number of nitrogens with zero attached hydrogens (tertiary/aromatic N) is 1. The second-order valence-corrected chi connectivity index (χ2v) is 4.49. The molecule has 0 aliphatic heterocycles. The van der Waals surface area contributed by atoms with Gasteiger partial charge in [-0.1, -0.05) is 25.5 Å². The Labute approximate surface area is 113 Å². The van der Waals surface area contributed by atoms with Crippen molar-refractivity contribution in [3.63, 3.8) is 0 Å². The van der Waals surface area contributed by atoms with Gasteiger partial charge in [0.2, 0.25) is 0 Å². The van der Waals surface area contributed by atoms with Crippen molar-refractivity contribution >= 4 is 0 Å². The molecular formula is C16H19NO2. The Hall–Kier alpha value is -1.87. The lowest BCUT2D eigenvalue weighted by atomic mass is 10.1. The highest BCUT2D eigenvalue weighted by atomic mass is 16.5. The van der Waals surface area contributed by atoms with Gasteiger partial charge in [-0.25, -0.2) is 0 Å². The first-order valence-corrected chi connectivity index (χ1v) is 6.64. The summed E-state index contributed by atoms with van der Waals surface area (Å²) in [7, 11) is 0. The number of hydrogen-bond acceptors (Lipinski definition) is 3. The quantitative estimate of drug-likeness (QED) is 0.857. The SMILES string of the molecule is CCCCc1ccc(Oc2ccncc2CO)cc1. The van der Waals surface area contributed by atoms with Gasteiger partial charge in [0.15, 0.2) is 0 Å². The second kappa shape index (κ2) is 6.90. The number of aliphatic hydroxyl groups is 1. The normalized spacial score (nSPS) is 10.4. The molecule has 1 aromatic carbocycles. The first-order chi connectivity index (χ1) is 9.33. The number of benzene rings is 1. The van der Waals surface area contributed by atoms with E-state index in [1.807, 2.05) is 12.1 Å². The van der Waals surface area contributed by atoms with Crippen LogP contribution in [0.25, 0.3) is 0 Å². The molecule has 0 saturated carbocycles. The van der Waals surface area contributed by atoms with Crippen LogP contribution in [0.2, 0.25) is 0 Å². The van der Waals surface area contributed by atoms with E-state index in [0.29, 0.717) is 11.3 Å². The highest BCUT2D eigenvalue weighted by Gasteiger charge is 2.03. The minimum absolute atomic E-state index is 0.0717. The fraction of sp³-hybridized carbons (Fsp3) is 0.312. The zero-order valence-electron chi connectivity index (χ0n) is 11.2. The number of unbranched alkanes of at least 4 members (excludes halogenated alkanes) is 1. The fourth-order valence-corrected chi connectivity index (χ4v) is 1.86. The molecule has 1 aromatic heterocycles. The molecule has 0 saturated heterocycles. The monoisotopic (exact) mass is 257 g/mol. The van der Waals surface area contributed by atoms with E-state index in [4.69, 9.17) is 4.74 Å². The summed E-state index contributed by atoms with van der Waals surface area (Å²) in [6, 6.07) is 9.87. The van der Waals surface area contributed by atoms with Crippen LogP contribution in [0.4, 0.5) is 0 Å². The van der Waals surface area contributed by atoms with E-state index in [0.717, 1.165) is 12.2 Å². The van der Waals surface area contributed by atoms with Gasteiger partial charge in [-0.2, -0.15) is 0 Å². The van der Waals surface area contributed by atoms with Crippen LogP contribution in [0.15, 0.2) is 42.7 Å². The van der Waals surface area contributed by atoms with E-state index in [1.54, 1.807) is 18.5 Å². The van der Waals surface area contributed by atoms with Gasteiger partial charge in [0, 0.05) is 18.0 Å². The minimum Gasteiger partial charge on any atom is -0.457 e. The molecule has 0 aliphatic carbocycles. The maximum atomic E-state index is 9.22. The van der Waals surface area contributed by atoms with Crippen molar-refractivity contribution in [1.29, 1.82) is 0 Å². The van der Waals surface area contributed by atoms with E-state index in [-0.39, 0.29) is 6.61 Å². The molecule has 0 aliphatic rings. The van der Waals surface area contributed by atoms with Crippen molar-refractivity contribution in [2.24, 2.45) is 0 Å². The lowest BCUT2D eigenvalue weighted by Crippen LogP contribution is -1.93. The van der Waals surface area contributed by atoms with Gasteiger partial charge in [0.25, 0.3) is 0 Å². The van der Waals surface area contributed by atoms with Crippen molar-refractivity contribution in [1.82, 2.24) is 4.98 Å². The lowest BCUT2D eigenvalue weighted by Gasteiger charge is -2.09. The second-order valence-electron chi connectivity index (χ2n) is 4.49. The Balaban J connectivity index is 2.06. The first-order valence-electron chi connectivity index (χ1n) is 6.64. The molecule has 2 aromatic rings. The number of rotatable bonds is 6. The Morgan fingerprint density at radius 3 is 2.63 bits per heavy atom. The Morgan fingerprint density at radius 1 is 1.16 bits per heavy atom. The third kappa shape index (κ3) is 3.80. The van der Waals surface area contributed by atoms with Gasteiger partial charge in [0.1, 0.15) is 11.5 Å². The summed E-state index contributed by atoms with van der Waals surface area (Å²) < 4.78 is 5.76. The summed E-state index contributed by atoms with van der Waals surface area (Å²) in [6.07, 6.45) is 6.79. The Morgan fingerprint density at radius 2 is 1.95 bits per heavy atom. The zero-order chi connectivity index (χ0) is 13.5. The molecule has 100 valence electrons. The largest absolute Gasteiger partial charge is 0.457 e. The van der Waals surface area contributed by atoms with Gasteiger partial charge in [-0.15, -0.1) is 0 Å². The molecule has 0 bridgehead atoms. The van der Waals surface area contributed by atoms with E-state index in [2.05, 4.69) is 24.0 Å². The molecule has 0 amide bonds. The topological polar surface area (TPSA) is 42.4 Å². The molecule has 19 heavy (non-hydrogen) atoms. The summed E-state index contributed by atoms with van der Waals surface area (Å²) in [6.45, 7) is 2.12. The Bertz CT molecular complexity index is 508. The molecule has 3 heteroatoms. The fourth-order valence-electron chi connectivity index (χ4n) is 1.86. The zero-order valence-corrected chi connectivity index (χ0v) is 11.2. The Kier molecular flexibility index (Phi) is 4.93. The standard InChI is InChI=1S/C16H19NO2/c1-2-3-4-13-5-7-15(8-6-13)19-16-9-10-17-11-14(16)12-18/h5-11,18H,2-4,12H2,1H3. The number of pyridine rings is 1. The molecular weight excluding hydrogens is 238 g/mol. The molecule has 0 fully saturated rings. The summed E-state index contributed by atoms with van der Waals surface area (Å²) in [5, 5.41) is 9.22.